The van der Waals surface area contributed by atoms with Crippen LogP contribution in [0.2, 0.25) is 10.0 Å². The van der Waals surface area contributed by atoms with Gasteiger partial charge < -0.3 is 5.32 Å². The van der Waals surface area contributed by atoms with Gasteiger partial charge in [-0.25, -0.2) is 0 Å². The van der Waals surface area contributed by atoms with E-state index in [9.17, 15) is 20.2 Å². The zero-order chi connectivity index (χ0) is 22.8. The molecule has 0 aliphatic heterocycles. The molecular weight excluding hydrogens is 449 g/mol. The minimum absolute atomic E-state index is 0.00661. The van der Waals surface area contributed by atoms with E-state index in [4.69, 9.17) is 23.2 Å². The number of benzene rings is 4. The first-order chi connectivity index (χ1) is 15.4. The number of hydrogen-bond acceptors (Lipinski definition) is 4. The number of halogens is 2. The first-order valence-corrected chi connectivity index (χ1v) is 10.1. The van der Waals surface area contributed by atoms with Crippen LogP contribution in [-0.4, -0.2) is 10.8 Å². The van der Waals surface area contributed by atoms with E-state index in [2.05, 4.69) is 5.32 Å². The van der Waals surface area contributed by atoms with Crippen molar-refractivity contribution >= 4 is 68.1 Å². The summed E-state index contributed by atoms with van der Waals surface area (Å²) in [5, 5.41) is 26.7. The Kier molecular flexibility index (Phi) is 5.78. The van der Waals surface area contributed by atoms with Gasteiger partial charge in [-0.2, -0.15) is 5.26 Å². The molecule has 156 valence electrons. The molecule has 0 atom stereocenters. The third kappa shape index (κ3) is 4.00. The summed E-state index contributed by atoms with van der Waals surface area (Å²) in [6, 6.07) is 21.5. The van der Waals surface area contributed by atoms with Crippen LogP contribution in [0.4, 0.5) is 11.4 Å². The zero-order valence-corrected chi connectivity index (χ0v) is 17.8. The highest BCUT2D eigenvalue weighted by atomic mass is 35.5. The van der Waals surface area contributed by atoms with Gasteiger partial charge in [0.05, 0.1) is 20.7 Å². The van der Waals surface area contributed by atoms with Crippen LogP contribution < -0.4 is 5.32 Å². The molecule has 0 saturated heterocycles. The number of hydrogen-bond donors (Lipinski definition) is 1. The lowest BCUT2D eigenvalue weighted by Crippen LogP contribution is -2.14. The normalized spacial score (nSPS) is 11.3. The molecule has 0 saturated carbocycles. The summed E-state index contributed by atoms with van der Waals surface area (Å²) in [6.45, 7) is 0. The number of non-ortho nitro benzene ring substituents is 1. The fourth-order valence-electron chi connectivity index (χ4n) is 3.46. The first-order valence-electron chi connectivity index (χ1n) is 9.36. The second-order valence-corrected chi connectivity index (χ2v) is 7.71. The highest BCUT2D eigenvalue weighted by molar-refractivity contribution is 6.40. The summed E-state index contributed by atoms with van der Waals surface area (Å²) in [5.41, 5.74) is 0.243. The van der Waals surface area contributed by atoms with Crippen molar-refractivity contribution in [3.63, 3.8) is 0 Å². The van der Waals surface area contributed by atoms with Crippen molar-refractivity contribution in [2.75, 3.05) is 5.32 Å². The van der Waals surface area contributed by atoms with Gasteiger partial charge in [0.15, 0.2) is 0 Å². The molecule has 0 aliphatic carbocycles. The number of anilines is 1. The van der Waals surface area contributed by atoms with Crippen molar-refractivity contribution < 1.29 is 9.72 Å². The van der Waals surface area contributed by atoms with Gasteiger partial charge in [0.2, 0.25) is 0 Å². The molecule has 32 heavy (non-hydrogen) atoms. The number of nitriles is 1. The van der Waals surface area contributed by atoms with Crippen LogP contribution in [0, 0.1) is 21.4 Å². The van der Waals surface area contributed by atoms with Crippen LogP contribution >= 0.6 is 23.2 Å². The summed E-state index contributed by atoms with van der Waals surface area (Å²) in [5.74, 6) is -0.734. The van der Waals surface area contributed by atoms with E-state index < -0.39 is 10.8 Å². The largest absolute Gasteiger partial charge is 0.319 e. The molecule has 0 bridgehead atoms. The third-order valence-electron chi connectivity index (χ3n) is 4.94. The predicted molar refractivity (Wildman–Crippen MR) is 127 cm³/mol. The molecule has 0 aliphatic rings. The van der Waals surface area contributed by atoms with Crippen LogP contribution in [0.25, 0.3) is 27.6 Å². The quantitative estimate of drug-likeness (QED) is 0.119. The lowest BCUT2D eigenvalue weighted by atomic mass is 9.95. The van der Waals surface area contributed by atoms with Crippen molar-refractivity contribution in [1.29, 1.82) is 5.26 Å². The number of nitrogens with one attached hydrogen (secondary N) is 1. The average molecular weight is 462 g/mol. The summed E-state index contributed by atoms with van der Waals surface area (Å²) in [6.07, 6.45) is 1.52. The molecule has 0 spiro atoms. The highest BCUT2D eigenvalue weighted by Gasteiger charge is 2.19. The lowest BCUT2D eigenvalue weighted by molar-refractivity contribution is -0.384. The number of amides is 1. The minimum atomic E-state index is -0.734. The van der Waals surface area contributed by atoms with Gasteiger partial charge in [-0.05, 0) is 39.3 Å². The average Bonchev–Trinajstić information content (AvgIpc) is 2.78. The van der Waals surface area contributed by atoms with Gasteiger partial charge in [0.1, 0.15) is 11.6 Å². The number of nitro groups is 1. The van der Waals surface area contributed by atoms with Crippen molar-refractivity contribution in [2.45, 2.75) is 0 Å². The number of rotatable bonds is 4. The van der Waals surface area contributed by atoms with E-state index in [1.807, 2.05) is 60.7 Å². The van der Waals surface area contributed by atoms with Gasteiger partial charge in [-0.1, -0.05) is 71.7 Å². The Hall–Kier alpha value is -3.92. The fourth-order valence-corrected chi connectivity index (χ4v) is 4.03. The van der Waals surface area contributed by atoms with Crippen LogP contribution in [0.3, 0.4) is 0 Å². The number of nitro benzene ring substituents is 1. The van der Waals surface area contributed by atoms with Crippen LogP contribution in [0.1, 0.15) is 5.56 Å². The number of nitrogens with zero attached hydrogens (tertiary/aromatic N) is 2. The summed E-state index contributed by atoms with van der Waals surface area (Å²) in [4.78, 5) is 23.2. The van der Waals surface area contributed by atoms with Gasteiger partial charge in [-0.3, -0.25) is 14.9 Å². The smallest absolute Gasteiger partial charge is 0.272 e. The maximum Gasteiger partial charge on any atom is 0.272 e. The van der Waals surface area contributed by atoms with Crippen molar-refractivity contribution in [3.8, 4) is 6.07 Å². The molecular formula is C24H13Cl2N3O3. The van der Waals surface area contributed by atoms with E-state index >= 15 is 0 Å². The Balaban J connectivity index is 1.81. The van der Waals surface area contributed by atoms with E-state index in [0.29, 0.717) is 0 Å². The SMILES string of the molecule is N#C/C(=C\c1c2ccccc2cc2ccccc12)C(=O)Nc1c(Cl)cc([N+](=O)[O-])cc1Cl. The zero-order valence-electron chi connectivity index (χ0n) is 16.3. The maximum atomic E-state index is 12.9. The van der Waals surface area contributed by atoms with Crippen LogP contribution in [0.15, 0.2) is 72.3 Å². The summed E-state index contributed by atoms with van der Waals surface area (Å²) < 4.78 is 0. The second kappa shape index (κ2) is 8.67. The van der Waals surface area contributed by atoms with Crippen LogP contribution in [-0.2, 0) is 4.79 Å². The third-order valence-corrected chi connectivity index (χ3v) is 5.54. The maximum absolute atomic E-state index is 12.9. The molecule has 0 fully saturated rings. The molecule has 0 radical (unpaired) electrons. The molecule has 4 rings (SSSR count). The van der Waals surface area contributed by atoms with Gasteiger partial charge in [-0.15, -0.1) is 0 Å². The number of fused-ring (bicyclic) bond motifs is 2. The van der Waals surface area contributed by atoms with Crippen molar-refractivity contribution in [3.05, 3.63) is 98.0 Å². The molecule has 0 unspecified atom stereocenters. The molecule has 4 aromatic rings. The molecule has 0 heterocycles. The van der Waals surface area contributed by atoms with Gasteiger partial charge in [0.25, 0.3) is 11.6 Å². The Labute approximate surface area is 192 Å². The van der Waals surface area contributed by atoms with E-state index in [-0.39, 0.29) is 27.0 Å². The molecule has 4 aromatic carbocycles. The first kappa shape index (κ1) is 21.3. The monoisotopic (exact) mass is 461 g/mol. The van der Waals surface area contributed by atoms with Gasteiger partial charge in [0, 0.05) is 12.1 Å². The Morgan fingerprint density at radius 2 is 1.50 bits per heavy atom. The molecule has 6 nitrogen and oxygen atoms in total. The fraction of sp³-hybridized carbons (Fsp3) is 0. The number of carbonyl (C=O) groups is 1. The number of carbonyl (C=O) groups excluding carboxylic acids is 1. The highest BCUT2D eigenvalue weighted by Crippen LogP contribution is 2.35. The Bertz CT molecular complexity index is 1410. The van der Waals surface area contributed by atoms with Crippen LogP contribution in [0.5, 0.6) is 0 Å². The predicted octanol–water partition coefficient (Wildman–Crippen LogP) is 6.75. The lowest BCUT2D eigenvalue weighted by Gasteiger charge is -2.11. The van der Waals surface area contributed by atoms with E-state index in [1.54, 1.807) is 0 Å². The topological polar surface area (TPSA) is 96.0 Å². The summed E-state index contributed by atoms with van der Waals surface area (Å²) in [7, 11) is 0. The second-order valence-electron chi connectivity index (χ2n) is 6.90. The molecule has 0 aromatic heterocycles. The minimum Gasteiger partial charge on any atom is -0.319 e. The van der Waals surface area contributed by atoms with E-state index in [0.717, 1.165) is 39.2 Å². The van der Waals surface area contributed by atoms with Crippen molar-refractivity contribution in [1.82, 2.24) is 0 Å². The Morgan fingerprint density at radius 3 is 2.00 bits per heavy atom. The molecule has 1 N–H and O–H groups in total. The molecule has 8 heteroatoms. The Morgan fingerprint density at radius 1 is 0.969 bits per heavy atom. The standard InChI is InChI=1S/C24H13Cl2N3O3/c25-21-11-17(29(31)32)12-22(26)23(21)28-24(30)16(13-27)10-20-18-7-3-1-5-14(18)9-15-6-2-4-8-19(15)20/h1-12H,(H,28,30)/b16-10+. The van der Waals surface area contributed by atoms with E-state index in [1.165, 1.54) is 6.08 Å². The van der Waals surface area contributed by atoms with Crippen molar-refractivity contribution in [2.24, 2.45) is 0 Å². The summed E-state index contributed by atoms with van der Waals surface area (Å²) >= 11 is 12.2. The molecule has 1 amide bonds. The van der Waals surface area contributed by atoms with Gasteiger partial charge >= 0.3 is 0 Å².